The third-order valence-corrected chi connectivity index (χ3v) is 3.91. The van der Waals surface area contributed by atoms with Crippen molar-refractivity contribution >= 4 is 0 Å². The van der Waals surface area contributed by atoms with Crippen molar-refractivity contribution in [2.45, 2.75) is 33.1 Å². The summed E-state index contributed by atoms with van der Waals surface area (Å²) in [5, 5.41) is 6.88. The smallest absolute Gasteiger partial charge is 0.000394 e. The molecule has 0 aliphatic carbocycles. The molecule has 1 aromatic rings. The molecule has 2 heteroatoms. The van der Waals surface area contributed by atoms with E-state index < -0.39 is 0 Å². The molecule has 1 fully saturated rings. The molecule has 0 amide bonds. The fourth-order valence-corrected chi connectivity index (χ4v) is 2.34. The van der Waals surface area contributed by atoms with Crippen LogP contribution in [0.5, 0.6) is 0 Å². The highest BCUT2D eigenvalue weighted by Crippen LogP contribution is 2.18. The van der Waals surface area contributed by atoms with Gasteiger partial charge in [-0.25, -0.2) is 0 Å². The fourth-order valence-electron chi connectivity index (χ4n) is 2.34. The summed E-state index contributed by atoms with van der Waals surface area (Å²) in [5.41, 5.74) is 4.38. The van der Waals surface area contributed by atoms with Gasteiger partial charge >= 0.3 is 0 Å². The molecule has 0 saturated carbocycles. The molecule has 0 spiro atoms. The zero-order valence-corrected chi connectivity index (χ0v) is 11.9. The second-order valence-corrected chi connectivity index (χ2v) is 5.82. The third-order valence-electron chi connectivity index (χ3n) is 3.91. The van der Waals surface area contributed by atoms with Gasteiger partial charge in [-0.2, -0.15) is 0 Å². The lowest BCUT2D eigenvalue weighted by atomic mass is 9.96. The normalized spacial score (nSPS) is 16.0. The molecule has 100 valence electrons. The van der Waals surface area contributed by atoms with Crippen LogP contribution >= 0.6 is 0 Å². The van der Waals surface area contributed by atoms with Crippen molar-refractivity contribution in [2.75, 3.05) is 26.2 Å². The van der Waals surface area contributed by atoms with Gasteiger partial charge in [0.2, 0.25) is 0 Å². The highest BCUT2D eigenvalue weighted by atomic mass is 15.0. The van der Waals surface area contributed by atoms with Crippen molar-refractivity contribution in [1.29, 1.82) is 0 Å². The molecule has 0 aromatic heterocycles. The Morgan fingerprint density at radius 3 is 2.72 bits per heavy atom. The molecule has 1 aliphatic rings. The minimum absolute atomic E-state index is 0.623. The average molecular weight is 246 g/mol. The van der Waals surface area contributed by atoms with Crippen LogP contribution in [0.1, 0.15) is 36.5 Å². The SMILES string of the molecule is Cc1ccc(C(C)C)cc1CCNCC1CNC1. The summed E-state index contributed by atoms with van der Waals surface area (Å²) in [6, 6.07) is 6.91. The van der Waals surface area contributed by atoms with Crippen LogP contribution in [0, 0.1) is 12.8 Å². The molecule has 2 nitrogen and oxygen atoms in total. The molecule has 2 rings (SSSR count). The van der Waals surface area contributed by atoms with Crippen molar-refractivity contribution in [2.24, 2.45) is 5.92 Å². The highest BCUT2D eigenvalue weighted by molar-refractivity contribution is 5.32. The van der Waals surface area contributed by atoms with E-state index in [9.17, 15) is 0 Å². The first-order valence-electron chi connectivity index (χ1n) is 7.17. The van der Waals surface area contributed by atoms with Gasteiger partial charge in [0.05, 0.1) is 0 Å². The predicted molar refractivity (Wildman–Crippen MR) is 78.2 cm³/mol. The maximum absolute atomic E-state index is 3.57. The number of rotatable bonds is 6. The van der Waals surface area contributed by atoms with Crippen molar-refractivity contribution < 1.29 is 0 Å². The minimum Gasteiger partial charge on any atom is -0.316 e. The molecule has 0 atom stereocenters. The topological polar surface area (TPSA) is 24.1 Å². The lowest BCUT2D eigenvalue weighted by molar-refractivity contribution is 0.333. The van der Waals surface area contributed by atoms with Gasteiger partial charge in [-0.1, -0.05) is 32.0 Å². The van der Waals surface area contributed by atoms with Crippen molar-refractivity contribution in [3.05, 3.63) is 34.9 Å². The van der Waals surface area contributed by atoms with Crippen LogP contribution in [0.4, 0.5) is 0 Å². The number of nitrogens with one attached hydrogen (secondary N) is 2. The Hall–Kier alpha value is -0.860. The van der Waals surface area contributed by atoms with Gasteiger partial charge in [0.1, 0.15) is 0 Å². The standard InChI is InChI=1S/C16H26N2/c1-12(2)15-5-4-13(3)16(8-15)6-7-17-9-14-10-18-11-14/h4-5,8,12,14,17-18H,6-7,9-11H2,1-3H3. The quantitative estimate of drug-likeness (QED) is 0.754. The van der Waals surface area contributed by atoms with Crippen LogP contribution in [0.15, 0.2) is 18.2 Å². The monoisotopic (exact) mass is 246 g/mol. The summed E-state index contributed by atoms with van der Waals surface area (Å²) >= 11 is 0. The second-order valence-electron chi connectivity index (χ2n) is 5.82. The largest absolute Gasteiger partial charge is 0.316 e. The summed E-state index contributed by atoms with van der Waals surface area (Å²) in [4.78, 5) is 0. The second kappa shape index (κ2) is 6.35. The van der Waals surface area contributed by atoms with Gasteiger partial charge in [-0.3, -0.25) is 0 Å². The van der Waals surface area contributed by atoms with Gasteiger partial charge in [-0.05, 0) is 48.4 Å². The molecule has 0 radical (unpaired) electrons. The first-order chi connectivity index (χ1) is 8.66. The number of aryl methyl sites for hydroxylation is 1. The predicted octanol–water partition coefficient (Wildman–Crippen LogP) is 2.47. The molecule has 1 saturated heterocycles. The molecular weight excluding hydrogens is 220 g/mol. The van der Waals surface area contributed by atoms with Crippen LogP contribution in [-0.4, -0.2) is 26.2 Å². The Balaban J connectivity index is 1.81. The van der Waals surface area contributed by atoms with Crippen LogP contribution in [0.25, 0.3) is 0 Å². The highest BCUT2D eigenvalue weighted by Gasteiger charge is 2.15. The van der Waals surface area contributed by atoms with Crippen molar-refractivity contribution in [1.82, 2.24) is 10.6 Å². The summed E-state index contributed by atoms with van der Waals surface area (Å²) in [6.45, 7) is 11.4. The van der Waals surface area contributed by atoms with E-state index in [2.05, 4.69) is 49.6 Å². The molecule has 2 N–H and O–H groups in total. The number of hydrogen-bond acceptors (Lipinski definition) is 2. The summed E-state index contributed by atoms with van der Waals surface area (Å²) < 4.78 is 0. The molecule has 0 unspecified atom stereocenters. The number of benzene rings is 1. The Labute approximate surface area is 111 Å². The molecule has 0 bridgehead atoms. The zero-order chi connectivity index (χ0) is 13.0. The van der Waals surface area contributed by atoms with E-state index in [0.717, 1.165) is 25.4 Å². The molecule has 1 heterocycles. The van der Waals surface area contributed by atoms with Crippen molar-refractivity contribution in [3.63, 3.8) is 0 Å². The van der Waals surface area contributed by atoms with Gasteiger partial charge < -0.3 is 10.6 Å². The summed E-state index contributed by atoms with van der Waals surface area (Å²) in [6.07, 6.45) is 1.15. The third kappa shape index (κ3) is 3.56. The van der Waals surface area contributed by atoms with E-state index in [4.69, 9.17) is 0 Å². The van der Waals surface area contributed by atoms with E-state index in [0.29, 0.717) is 5.92 Å². The lowest BCUT2D eigenvalue weighted by Gasteiger charge is -2.27. The van der Waals surface area contributed by atoms with Crippen LogP contribution in [0.2, 0.25) is 0 Å². The molecular formula is C16H26N2. The maximum Gasteiger partial charge on any atom is 0.000394 e. The van der Waals surface area contributed by atoms with Crippen LogP contribution < -0.4 is 10.6 Å². The lowest BCUT2D eigenvalue weighted by Crippen LogP contribution is -2.47. The van der Waals surface area contributed by atoms with E-state index in [1.54, 1.807) is 0 Å². The zero-order valence-electron chi connectivity index (χ0n) is 11.9. The average Bonchev–Trinajstić information content (AvgIpc) is 2.28. The van der Waals surface area contributed by atoms with Gasteiger partial charge in [0.15, 0.2) is 0 Å². The van der Waals surface area contributed by atoms with E-state index >= 15 is 0 Å². The van der Waals surface area contributed by atoms with Gasteiger partial charge in [0.25, 0.3) is 0 Å². The molecule has 1 aliphatic heterocycles. The van der Waals surface area contributed by atoms with E-state index in [-0.39, 0.29) is 0 Å². The molecule has 1 aromatic carbocycles. The van der Waals surface area contributed by atoms with Gasteiger partial charge in [-0.15, -0.1) is 0 Å². The number of hydrogen-bond donors (Lipinski definition) is 2. The fraction of sp³-hybridized carbons (Fsp3) is 0.625. The first-order valence-corrected chi connectivity index (χ1v) is 7.17. The Kier molecular flexibility index (Phi) is 4.79. The van der Waals surface area contributed by atoms with E-state index in [1.807, 2.05) is 0 Å². The summed E-state index contributed by atoms with van der Waals surface area (Å²) in [7, 11) is 0. The maximum atomic E-state index is 3.57. The minimum atomic E-state index is 0.623. The Morgan fingerprint density at radius 1 is 1.33 bits per heavy atom. The van der Waals surface area contributed by atoms with Crippen LogP contribution in [-0.2, 0) is 6.42 Å². The van der Waals surface area contributed by atoms with Crippen LogP contribution in [0.3, 0.4) is 0 Å². The summed E-state index contributed by atoms with van der Waals surface area (Å²) in [5.74, 6) is 1.48. The van der Waals surface area contributed by atoms with Crippen molar-refractivity contribution in [3.8, 4) is 0 Å². The molecule has 18 heavy (non-hydrogen) atoms. The Bertz CT molecular complexity index is 381. The van der Waals surface area contributed by atoms with Gasteiger partial charge in [0, 0.05) is 19.6 Å². The Morgan fingerprint density at radius 2 is 2.11 bits per heavy atom. The van der Waals surface area contributed by atoms with E-state index in [1.165, 1.54) is 29.8 Å². The first kappa shape index (κ1) is 13.6.